The average Bonchev–Trinajstić information content (AvgIpc) is 2.45. The molecule has 0 unspecified atom stereocenters. The predicted octanol–water partition coefficient (Wildman–Crippen LogP) is 0.0508. The van der Waals surface area contributed by atoms with Crippen LogP contribution in [-0.2, 0) is 24.3 Å². The molecule has 1 aromatic rings. The van der Waals surface area contributed by atoms with Crippen molar-refractivity contribution in [1.82, 2.24) is 9.62 Å². The number of sulfonamides is 1. The second kappa shape index (κ2) is 6.45. The van der Waals surface area contributed by atoms with Crippen molar-refractivity contribution in [2.24, 2.45) is 0 Å². The zero-order valence-corrected chi connectivity index (χ0v) is 13.2. The molecule has 8 heteroatoms. The Balaban J connectivity index is 2.38. The Kier molecular flexibility index (Phi) is 4.82. The van der Waals surface area contributed by atoms with Gasteiger partial charge in [-0.3, -0.25) is 14.3 Å². The van der Waals surface area contributed by atoms with Crippen molar-refractivity contribution < 1.29 is 22.7 Å². The summed E-state index contributed by atoms with van der Waals surface area (Å²) in [7, 11) is -3.70. The third kappa shape index (κ3) is 3.63. The van der Waals surface area contributed by atoms with Crippen LogP contribution in [0.4, 0.5) is 0 Å². The summed E-state index contributed by atoms with van der Waals surface area (Å²) in [6.07, 6.45) is -0.177. The van der Waals surface area contributed by atoms with Crippen molar-refractivity contribution in [1.29, 1.82) is 0 Å². The van der Waals surface area contributed by atoms with Crippen LogP contribution in [0.3, 0.4) is 0 Å². The Hall–Kier alpha value is -1.93. The van der Waals surface area contributed by atoms with Gasteiger partial charge in [-0.25, -0.2) is 8.42 Å². The summed E-state index contributed by atoms with van der Waals surface area (Å²) in [5, 5.41) is 0. The Bertz CT molecular complexity index is 659. The van der Waals surface area contributed by atoms with Crippen LogP contribution in [0.25, 0.3) is 0 Å². The number of nitrogens with zero attached hydrogens (tertiary/aromatic N) is 1. The minimum absolute atomic E-state index is 0.236. The highest BCUT2D eigenvalue weighted by Crippen LogP contribution is 2.30. The van der Waals surface area contributed by atoms with E-state index in [-0.39, 0.29) is 12.5 Å². The van der Waals surface area contributed by atoms with E-state index in [4.69, 9.17) is 4.74 Å². The summed E-state index contributed by atoms with van der Waals surface area (Å²) in [5.74, 6) is -1.01. The number of hydrogen-bond acceptors (Lipinski definition) is 5. The smallest absolute Gasteiger partial charge is 0.265 e. The van der Waals surface area contributed by atoms with Crippen molar-refractivity contribution in [3.63, 3.8) is 0 Å². The first kappa shape index (κ1) is 16.4. The average molecular weight is 326 g/mol. The highest BCUT2D eigenvalue weighted by Gasteiger charge is 2.41. The standard InChI is InChI=1S/C14H18N2O5S/c1-3-16-11(17)9-21-13(14(18)15-22(2,19)20)12(16)10-7-5-4-6-8-10/h4-8,12-13H,3,9H2,1-2H3,(H,15,18)/t12-,13+/m1/s1. The van der Waals surface area contributed by atoms with Crippen molar-refractivity contribution in [2.45, 2.75) is 19.1 Å². The van der Waals surface area contributed by atoms with Crippen molar-refractivity contribution >= 4 is 21.8 Å². The van der Waals surface area contributed by atoms with Gasteiger partial charge in [0.2, 0.25) is 15.9 Å². The van der Waals surface area contributed by atoms with Crippen LogP contribution < -0.4 is 4.72 Å². The highest BCUT2D eigenvalue weighted by atomic mass is 32.2. The fourth-order valence-corrected chi connectivity index (χ4v) is 2.97. The van der Waals surface area contributed by atoms with E-state index in [1.807, 2.05) is 10.8 Å². The molecule has 1 heterocycles. The Morgan fingerprint density at radius 3 is 2.55 bits per heavy atom. The SMILES string of the molecule is CCN1C(=O)CO[C@H](C(=O)NS(C)(=O)=O)[C@H]1c1ccccc1. The van der Waals surface area contributed by atoms with E-state index in [0.29, 0.717) is 12.1 Å². The molecule has 1 N–H and O–H groups in total. The number of benzene rings is 1. The van der Waals surface area contributed by atoms with Gasteiger partial charge in [0.05, 0.1) is 12.3 Å². The summed E-state index contributed by atoms with van der Waals surface area (Å²) in [6.45, 7) is 1.94. The van der Waals surface area contributed by atoms with Crippen LogP contribution in [0.5, 0.6) is 0 Å². The quantitative estimate of drug-likeness (QED) is 0.844. The third-order valence-corrected chi connectivity index (χ3v) is 3.93. The first-order valence-electron chi connectivity index (χ1n) is 6.81. The molecule has 7 nitrogen and oxygen atoms in total. The molecule has 120 valence electrons. The van der Waals surface area contributed by atoms with E-state index < -0.39 is 28.1 Å². The maximum Gasteiger partial charge on any atom is 0.265 e. The summed E-state index contributed by atoms with van der Waals surface area (Å²) in [6, 6.07) is 8.28. The molecule has 0 bridgehead atoms. The third-order valence-electron chi connectivity index (χ3n) is 3.36. The number of likely N-dealkylation sites (N-methyl/N-ethyl adjacent to an activating group) is 1. The molecule has 22 heavy (non-hydrogen) atoms. The number of amides is 2. The number of nitrogens with one attached hydrogen (secondary N) is 1. The number of carbonyl (C=O) groups is 2. The van der Waals surface area contributed by atoms with E-state index in [2.05, 4.69) is 0 Å². The first-order chi connectivity index (χ1) is 10.3. The number of rotatable bonds is 4. The minimum Gasteiger partial charge on any atom is -0.356 e. The molecule has 0 saturated carbocycles. The molecular formula is C14H18N2O5S. The molecule has 1 aliphatic rings. The lowest BCUT2D eigenvalue weighted by molar-refractivity contribution is -0.163. The van der Waals surface area contributed by atoms with Gasteiger partial charge in [0, 0.05) is 6.54 Å². The largest absolute Gasteiger partial charge is 0.356 e. The molecule has 2 atom stereocenters. The lowest BCUT2D eigenvalue weighted by atomic mass is 9.97. The van der Waals surface area contributed by atoms with Gasteiger partial charge in [0.25, 0.3) is 5.91 Å². The van der Waals surface area contributed by atoms with Gasteiger partial charge in [-0.15, -0.1) is 0 Å². The lowest BCUT2D eigenvalue weighted by Crippen LogP contribution is -2.54. The van der Waals surface area contributed by atoms with Crippen LogP contribution in [0.2, 0.25) is 0 Å². The molecule has 0 spiro atoms. The van der Waals surface area contributed by atoms with Gasteiger partial charge in [-0.1, -0.05) is 30.3 Å². The molecule has 1 aromatic carbocycles. The van der Waals surface area contributed by atoms with Crippen LogP contribution in [0, 0.1) is 0 Å². The monoisotopic (exact) mass is 326 g/mol. The molecule has 0 aliphatic carbocycles. The second-order valence-electron chi connectivity index (χ2n) is 5.01. The molecule has 1 fully saturated rings. The van der Waals surface area contributed by atoms with Gasteiger partial charge >= 0.3 is 0 Å². The summed E-state index contributed by atoms with van der Waals surface area (Å²) in [5.41, 5.74) is 0.714. The van der Waals surface area contributed by atoms with Gasteiger partial charge in [0.15, 0.2) is 6.10 Å². The number of morpholine rings is 1. The van der Waals surface area contributed by atoms with Crippen LogP contribution in [0.15, 0.2) is 30.3 Å². The first-order valence-corrected chi connectivity index (χ1v) is 8.70. The van der Waals surface area contributed by atoms with Crippen molar-refractivity contribution in [3.8, 4) is 0 Å². The molecule has 0 radical (unpaired) electrons. The molecular weight excluding hydrogens is 308 g/mol. The predicted molar refractivity (Wildman–Crippen MR) is 79.3 cm³/mol. The van der Waals surface area contributed by atoms with Gasteiger partial charge in [-0.05, 0) is 12.5 Å². The zero-order valence-electron chi connectivity index (χ0n) is 12.4. The van der Waals surface area contributed by atoms with Gasteiger partial charge in [-0.2, -0.15) is 0 Å². The maximum atomic E-state index is 12.2. The van der Waals surface area contributed by atoms with Crippen LogP contribution in [-0.4, -0.2) is 50.6 Å². The summed E-state index contributed by atoms with van der Waals surface area (Å²) >= 11 is 0. The van der Waals surface area contributed by atoms with Crippen molar-refractivity contribution in [3.05, 3.63) is 35.9 Å². The fraction of sp³-hybridized carbons (Fsp3) is 0.429. The number of carbonyl (C=O) groups excluding carboxylic acids is 2. The fourth-order valence-electron chi connectivity index (χ4n) is 2.49. The Morgan fingerprint density at radius 2 is 2.00 bits per heavy atom. The van der Waals surface area contributed by atoms with Crippen LogP contribution in [0.1, 0.15) is 18.5 Å². The molecule has 2 amide bonds. The zero-order chi connectivity index (χ0) is 16.3. The van der Waals surface area contributed by atoms with Crippen molar-refractivity contribution in [2.75, 3.05) is 19.4 Å². The summed E-state index contributed by atoms with van der Waals surface area (Å²) < 4.78 is 29.8. The van der Waals surface area contributed by atoms with E-state index in [1.165, 1.54) is 4.90 Å². The van der Waals surface area contributed by atoms with Gasteiger partial charge in [0.1, 0.15) is 6.61 Å². The maximum absolute atomic E-state index is 12.2. The summed E-state index contributed by atoms with van der Waals surface area (Å²) in [4.78, 5) is 25.7. The van der Waals surface area contributed by atoms with E-state index in [9.17, 15) is 18.0 Å². The highest BCUT2D eigenvalue weighted by molar-refractivity contribution is 7.89. The van der Waals surface area contributed by atoms with E-state index >= 15 is 0 Å². The van der Waals surface area contributed by atoms with E-state index in [1.54, 1.807) is 31.2 Å². The molecule has 0 aromatic heterocycles. The Morgan fingerprint density at radius 1 is 1.36 bits per heavy atom. The number of hydrogen-bond donors (Lipinski definition) is 1. The second-order valence-corrected chi connectivity index (χ2v) is 6.75. The van der Waals surface area contributed by atoms with Crippen LogP contribution >= 0.6 is 0 Å². The lowest BCUT2D eigenvalue weighted by Gasteiger charge is -2.39. The normalized spacial score (nSPS) is 22.5. The minimum atomic E-state index is -3.70. The van der Waals surface area contributed by atoms with E-state index in [0.717, 1.165) is 6.26 Å². The molecule has 1 saturated heterocycles. The number of ether oxygens (including phenoxy) is 1. The molecule has 2 rings (SSSR count). The Labute approximate surface area is 129 Å². The van der Waals surface area contributed by atoms with Gasteiger partial charge < -0.3 is 9.64 Å². The molecule has 1 aliphatic heterocycles. The topological polar surface area (TPSA) is 92.8 Å².